The molecule has 8 nitrogen and oxygen atoms in total. The van der Waals surface area contributed by atoms with Gasteiger partial charge in [-0.2, -0.15) is 17.9 Å². The Morgan fingerprint density at radius 2 is 1.88 bits per heavy atom. The summed E-state index contributed by atoms with van der Waals surface area (Å²) in [5, 5.41) is 6.59. The average molecular weight is 482 g/mol. The van der Waals surface area contributed by atoms with E-state index in [1.54, 1.807) is 11.0 Å². The van der Waals surface area contributed by atoms with Crippen LogP contribution in [-0.2, 0) is 17.5 Å². The Bertz CT molecular complexity index is 1000. The first kappa shape index (κ1) is 25.5. The zero-order valence-electron chi connectivity index (χ0n) is 19.6. The molecule has 1 aliphatic rings. The fraction of sp³-hybridized carbons (Fsp3) is 0.522. The van der Waals surface area contributed by atoms with Gasteiger partial charge in [0.2, 0.25) is 5.91 Å². The van der Waals surface area contributed by atoms with Crippen molar-refractivity contribution in [1.82, 2.24) is 19.6 Å². The smallest absolute Gasteiger partial charge is 0.416 e. The van der Waals surface area contributed by atoms with Gasteiger partial charge in [-0.25, -0.2) is 4.79 Å². The number of nitrogens with zero attached hydrogens (tertiary/aromatic N) is 4. The molecule has 11 heteroatoms. The lowest BCUT2D eigenvalue weighted by Gasteiger charge is -2.34. The van der Waals surface area contributed by atoms with E-state index in [9.17, 15) is 22.8 Å². The van der Waals surface area contributed by atoms with Gasteiger partial charge in [-0.05, 0) is 25.5 Å². The van der Waals surface area contributed by atoms with Gasteiger partial charge in [-0.3, -0.25) is 9.69 Å². The third-order valence-corrected chi connectivity index (χ3v) is 5.54. The van der Waals surface area contributed by atoms with Gasteiger partial charge in [0.1, 0.15) is 5.75 Å². The lowest BCUT2D eigenvalue weighted by Crippen LogP contribution is -2.49. The van der Waals surface area contributed by atoms with Crippen molar-refractivity contribution in [3.05, 3.63) is 41.6 Å². The molecule has 2 heterocycles. The molecular weight excluding hydrogens is 451 g/mol. The largest absolute Gasteiger partial charge is 0.490 e. The van der Waals surface area contributed by atoms with Crippen molar-refractivity contribution in [2.75, 3.05) is 31.5 Å². The minimum absolute atomic E-state index is 0.196. The van der Waals surface area contributed by atoms with E-state index in [1.165, 1.54) is 23.9 Å². The highest BCUT2D eigenvalue weighted by Crippen LogP contribution is 2.34. The monoisotopic (exact) mass is 481 g/mol. The van der Waals surface area contributed by atoms with E-state index < -0.39 is 11.7 Å². The second kappa shape index (κ2) is 10.9. The number of alkyl halides is 3. The van der Waals surface area contributed by atoms with E-state index in [4.69, 9.17) is 4.74 Å². The number of amides is 2. The summed E-state index contributed by atoms with van der Waals surface area (Å²) < 4.78 is 46.8. The molecule has 1 atom stereocenters. The van der Waals surface area contributed by atoms with Gasteiger partial charge in [0.15, 0.2) is 5.82 Å². The second-order valence-electron chi connectivity index (χ2n) is 8.41. The quantitative estimate of drug-likeness (QED) is 0.641. The highest BCUT2D eigenvalue weighted by atomic mass is 19.4. The highest BCUT2D eigenvalue weighted by molar-refractivity contribution is 5.87. The van der Waals surface area contributed by atoms with Gasteiger partial charge >= 0.3 is 12.2 Å². The topological polar surface area (TPSA) is 79.7 Å². The minimum atomic E-state index is -4.44. The molecule has 3 rings (SSSR count). The summed E-state index contributed by atoms with van der Waals surface area (Å²) in [6.45, 7) is 7.62. The first-order chi connectivity index (χ1) is 16.1. The summed E-state index contributed by atoms with van der Waals surface area (Å²) in [5.41, 5.74) is -0.0500. The zero-order valence-corrected chi connectivity index (χ0v) is 19.6. The molecule has 1 saturated heterocycles. The lowest BCUT2D eigenvalue weighted by molar-refractivity contribution is -0.137. The number of nitrogens with one attached hydrogen (secondary N) is 1. The zero-order chi connectivity index (χ0) is 24.9. The van der Waals surface area contributed by atoms with Crippen molar-refractivity contribution in [2.24, 2.45) is 0 Å². The Morgan fingerprint density at radius 3 is 2.50 bits per heavy atom. The Morgan fingerprint density at radius 1 is 1.18 bits per heavy atom. The van der Waals surface area contributed by atoms with Gasteiger partial charge in [-0.15, -0.1) is 5.10 Å². The molecule has 2 aromatic rings. The highest BCUT2D eigenvalue weighted by Gasteiger charge is 2.32. The number of aromatic nitrogens is 2. The van der Waals surface area contributed by atoms with Crippen molar-refractivity contribution in [1.29, 1.82) is 0 Å². The van der Waals surface area contributed by atoms with Gasteiger partial charge in [-0.1, -0.05) is 19.4 Å². The molecule has 186 valence electrons. The molecule has 1 aromatic carbocycles. The van der Waals surface area contributed by atoms with Crippen LogP contribution in [0.3, 0.4) is 0 Å². The first-order valence-electron chi connectivity index (χ1n) is 11.3. The molecule has 1 unspecified atom stereocenters. The molecule has 0 radical (unpaired) electrons. The summed E-state index contributed by atoms with van der Waals surface area (Å²) in [6, 6.07) is 4.87. The summed E-state index contributed by atoms with van der Waals surface area (Å²) in [5.74, 6) is 0.268. The Kier molecular flexibility index (Phi) is 8.19. The molecule has 34 heavy (non-hydrogen) atoms. The van der Waals surface area contributed by atoms with E-state index in [0.717, 1.165) is 25.0 Å². The maximum absolute atomic E-state index is 13.2. The van der Waals surface area contributed by atoms with Crippen LogP contribution in [-0.4, -0.2) is 63.8 Å². The van der Waals surface area contributed by atoms with Crippen LogP contribution in [0.25, 0.3) is 0 Å². The molecule has 0 saturated carbocycles. The third kappa shape index (κ3) is 6.72. The van der Waals surface area contributed by atoms with Crippen molar-refractivity contribution < 1.29 is 27.5 Å². The van der Waals surface area contributed by atoms with Crippen LogP contribution in [0.5, 0.6) is 5.75 Å². The number of hydrogen-bond donors (Lipinski definition) is 1. The number of hydrogen-bond acceptors (Lipinski definition) is 5. The maximum atomic E-state index is 13.2. The second-order valence-corrected chi connectivity index (χ2v) is 8.41. The average Bonchev–Trinajstić information content (AvgIpc) is 3.22. The van der Waals surface area contributed by atoms with Crippen molar-refractivity contribution in [3.8, 4) is 5.75 Å². The number of carbonyl (C=O) groups excluding carboxylic acids is 2. The van der Waals surface area contributed by atoms with Gasteiger partial charge < -0.3 is 15.0 Å². The minimum Gasteiger partial charge on any atom is -0.490 e. The van der Waals surface area contributed by atoms with Crippen molar-refractivity contribution >= 4 is 17.8 Å². The van der Waals surface area contributed by atoms with Crippen LogP contribution in [0.1, 0.15) is 44.7 Å². The Hall–Kier alpha value is -3.08. The molecule has 1 aromatic heterocycles. The third-order valence-electron chi connectivity index (χ3n) is 5.54. The van der Waals surface area contributed by atoms with Crippen molar-refractivity contribution in [2.45, 2.75) is 52.4 Å². The SMILES string of the molecule is CCCC(C)Oc1cc(C(F)(F)F)ccc1CN1CCN(C(=O)n2ccc(NC(C)=O)n2)CC1. The van der Waals surface area contributed by atoms with E-state index >= 15 is 0 Å². The van der Waals surface area contributed by atoms with Crippen molar-refractivity contribution in [3.63, 3.8) is 0 Å². The van der Waals surface area contributed by atoms with Crippen LogP contribution in [0.4, 0.5) is 23.8 Å². The van der Waals surface area contributed by atoms with Crippen LogP contribution in [0.2, 0.25) is 0 Å². The number of halogens is 3. The number of piperazine rings is 1. The summed E-state index contributed by atoms with van der Waals surface area (Å²) >= 11 is 0. The summed E-state index contributed by atoms with van der Waals surface area (Å²) in [6.07, 6.45) is -1.54. The molecule has 0 bridgehead atoms. The number of anilines is 1. The van der Waals surface area contributed by atoms with E-state index in [-0.39, 0.29) is 23.8 Å². The first-order valence-corrected chi connectivity index (χ1v) is 11.3. The predicted molar refractivity (Wildman–Crippen MR) is 121 cm³/mol. The fourth-order valence-corrected chi connectivity index (χ4v) is 3.81. The number of benzene rings is 1. The van der Waals surface area contributed by atoms with Gasteiger partial charge in [0.05, 0.1) is 11.7 Å². The summed E-state index contributed by atoms with van der Waals surface area (Å²) in [7, 11) is 0. The van der Waals surface area contributed by atoms with E-state index in [0.29, 0.717) is 44.1 Å². The molecule has 0 spiro atoms. The van der Waals surface area contributed by atoms with Crippen LogP contribution < -0.4 is 10.1 Å². The van der Waals surface area contributed by atoms with Crippen LogP contribution >= 0.6 is 0 Å². The number of rotatable bonds is 7. The lowest BCUT2D eigenvalue weighted by atomic mass is 10.1. The molecule has 1 N–H and O–H groups in total. The molecule has 1 fully saturated rings. The molecule has 2 amide bonds. The van der Waals surface area contributed by atoms with Crippen LogP contribution in [0.15, 0.2) is 30.5 Å². The van der Waals surface area contributed by atoms with E-state index in [2.05, 4.69) is 15.3 Å². The summed E-state index contributed by atoms with van der Waals surface area (Å²) in [4.78, 5) is 27.6. The number of carbonyl (C=O) groups is 2. The Balaban J connectivity index is 1.64. The predicted octanol–water partition coefficient (Wildman–Crippen LogP) is 4.21. The van der Waals surface area contributed by atoms with Crippen LogP contribution in [0, 0.1) is 0 Å². The Labute approximate surface area is 196 Å². The molecule has 0 aliphatic carbocycles. The van der Waals surface area contributed by atoms with Gasteiger partial charge in [0.25, 0.3) is 0 Å². The normalized spacial score (nSPS) is 15.8. The number of ether oxygens (including phenoxy) is 1. The standard InChI is InChI=1S/C23H30F3N5O3/c1-4-5-16(2)34-20-14-19(23(24,25)26)7-6-18(20)15-29-10-12-30(13-11-29)22(33)31-9-8-21(28-31)27-17(3)32/h6-9,14,16H,4-5,10-13,15H2,1-3H3,(H,27,28,32). The van der Waals surface area contributed by atoms with E-state index in [1.807, 2.05) is 13.8 Å². The molecular formula is C23H30F3N5O3. The fourth-order valence-electron chi connectivity index (χ4n) is 3.81. The maximum Gasteiger partial charge on any atom is 0.416 e. The molecule has 1 aliphatic heterocycles. The van der Waals surface area contributed by atoms with Gasteiger partial charge in [0, 0.05) is 57.5 Å².